The van der Waals surface area contributed by atoms with Gasteiger partial charge in [-0.1, -0.05) is 0 Å². The van der Waals surface area contributed by atoms with Crippen LogP contribution in [0.3, 0.4) is 0 Å². The smallest absolute Gasteiger partial charge is 0.314 e. The van der Waals surface area contributed by atoms with Crippen LogP contribution in [0.15, 0.2) is 0 Å². The molecule has 0 spiro atoms. The predicted molar refractivity (Wildman–Crippen MR) is 60.7 cm³/mol. The number of hydrogen-bond donors (Lipinski definition) is 3. The summed E-state index contributed by atoms with van der Waals surface area (Å²) in [5.41, 5.74) is 5.78. The van der Waals surface area contributed by atoms with Gasteiger partial charge in [0.25, 0.3) is 0 Å². The van der Waals surface area contributed by atoms with Gasteiger partial charge in [-0.3, -0.25) is 4.90 Å². The Morgan fingerprint density at radius 2 is 2.27 bits per heavy atom. The first-order chi connectivity index (χ1) is 6.90. The fourth-order valence-corrected chi connectivity index (χ4v) is 1.93. The molecule has 88 valence electrons. The van der Waals surface area contributed by atoms with Gasteiger partial charge in [0.15, 0.2) is 0 Å². The Labute approximate surface area is 91.4 Å². The van der Waals surface area contributed by atoms with Gasteiger partial charge in [-0.05, 0) is 20.3 Å². The lowest BCUT2D eigenvalue weighted by Crippen LogP contribution is -2.46. The predicted octanol–water partition coefficient (Wildman–Crippen LogP) is -0.273. The topological polar surface area (TPSA) is 70.4 Å². The van der Waals surface area contributed by atoms with Crippen molar-refractivity contribution in [3.8, 4) is 0 Å². The molecule has 1 rings (SSSR count). The molecule has 5 nitrogen and oxygen atoms in total. The first-order valence-electron chi connectivity index (χ1n) is 5.40. The SMILES string of the molecule is CNC(=O)NC1CCN(CC(C)(C)N)C1. The zero-order valence-corrected chi connectivity index (χ0v) is 9.84. The number of urea groups is 1. The second-order valence-corrected chi connectivity index (χ2v) is 4.93. The summed E-state index contributed by atoms with van der Waals surface area (Å²) in [7, 11) is 1.63. The van der Waals surface area contributed by atoms with Crippen molar-refractivity contribution in [2.45, 2.75) is 31.8 Å². The van der Waals surface area contributed by atoms with Crippen LogP contribution in [0.5, 0.6) is 0 Å². The largest absolute Gasteiger partial charge is 0.341 e. The molecule has 5 heteroatoms. The van der Waals surface area contributed by atoms with Crippen molar-refractivity contribution in [3.05, 3.63) is 0 Å². The molecule has 1 unspecified atom stereocenters. The zero-order chi connectivity index (χ0) is 11.5. The van der Waals surface area contributed by atoms with Crippen LogP contribution in [0.4, 0.5) is 4.79 Å². The Kier molecular flexibility index (Phi) is 3.93. The van der Waals surface area contributed by atoms with Gasteiger partial charge < -0.3 is 16.4 Å². The van der Waals surface area contributed by atoms with Crippen molar-refractivity contribution in [2.24, 2.45) is 5.73 Å². The van der Waals surface area contributed by atoms with Crippen LogP contribution in [-0.2, 0) is 0 Å². The summed E-state index contributed by atoms with van der Waals surface area (Å²) in [6.45, 7) is 6.82. The highest BCUT2D eigenvalue weighted by atomic mass is 16.2. The summed E-state index contributed by atoms with van der Waals surface area (Å²) in [4.78, 5) is 13.4. The van der Waals surface area contributed by atoms with E-state index in [4.69, 9.17) is 5.73 Å². The van der Waals surface area contributed by atoms with Crippen molar-refractivity contribution < 1.29 is 4.79 Å². The third-order valence-corrected chi connectivity index (χ3v) is 2.47. The Morgan fingerprint density at radius 3 is 2.80 bits per heavy atom. The first-order valence-corrected chi connectivity index (χ1v) is 5.40. The number of likely N-dealkylation sites (tertiary alicyclic amines) is 1. The number of carbonyl (C=O) groups excluding carboxylic acids is 1. The molecular formula is C10H22N4O. The molecule has 0 aromatic rings. The monoisotopic (exact) mass is 214 g/mol. The minimum absolute atomic E-state index is 0.103. The van der Waals surface area contributed by atoms with E-state index in [9.17, 15) is 4.79 Å². The van der Waals surface area contributed by atoms with Crippen LogP contribution in [0.25, 0.3) is 0 Å². The van der Waals surface area contributed by atoms with Gasteiger partial charge in [0.2, 0.25) is 0 Å². The zero-order valence-electron chi connectivity index (χ0n) is 9.84. The summed E-state index contributed by atoms with van der Waals surface area (Å²) >= 11 is 0. The van der Waals surface area contributed by atoms with Crippen molar-refractivity contribution in [1.29, 1.82) is 0 Å². The van der Waals surface area contributed by atoms with E-state index in [1.165, 1.54) is 0 Å². The lowest BCUT2D eigenvalue weighted by Gasteiger charge is -2.26. The van der Waals surface area contributed by atoms with Crippen LogP contribution in [0.2, 0.25) is 0 Å². The Balaban J connectivity index is 2.30. The van der Waals surface area contributed by atoms with E-state index in [0.29, 0.717) is 0 Å². The third kappa shape index (κ3) is 4.48. The Hall–Kier alpha value is -0.810. The fourth-order valence-electron chi connectivity index (χ4n) is 1.93. The average molecular weight is 214 g/mol. The summed E-state index contributed by atoms with van der Waals surface area (Å²) in [5, 5.41) is 5.47. The molecule has 4 N–H and O–H groups in total. The van der Waals surface area contributed by atoms with E-state index in [-0.39, 0.29) is 17.6 Å². The van der Waals surface area contributed by atoms with E-state index in [1.807, 2.05) is 13.8 Å². The van der Waals surface area contributed by atoms with Crippen molar-refractivity contribution in [2.75, 3.05) is 26.7 Å². The van der Waals surface area contributed by atoms with E-state index in [1.54, 1.807) is 7.05 Å². The Morgan fingerprint density at radius 1 is 1.60 bits per heavy atom. The molecule has 1 saturated heterocycles. The number of carbonyl (C=O) groups is 1. The van der Waals surface area contributed by atoms with Crippen LogP contribution >= 0.6 is 0 Å². The highest BCUT2D eigenvalue weighted by molar-refractivity contribution is 5.73. The van der Waals surface area contributed by atoms with E-state index >= 15 is 0 Å². The number of amides is 2. The molecule has 1 aliphatic rings. The molecule has 1 aliphatic heterocycles. The average Bonchev–Trinajstić information content (AvgIpc) is 2.49. The minimum atomic E-state index is -0.165. The normalized spacial score (nSPS) is 22.8. The molecule has 0 radical (unpaired) electrons. The quantitative estimate of drug-likeness (QED) is 0.605. The Bertz CT molecular complexity index is 224. The van der Waals surface area contributed by atoms with Gasteiger partial charge in [0, 0.05) is 38.3 Å². The summed E-state index contributed by atoms with van der Waals surface area (Å²) in [6.07, 6.45) is 1.00. The van der Waals surface area contributed by atoms with Gasteiger partial charge in [-0.2, -0.15) is 0 Å². The van der Waals surface area contributed by atoms with Crippen molar-refractivity contribution in [1.82, 2.24) is 15.5 Å². The van der Waals surface area contributed by atoms with Crippen molar-refractivity contribution >= 4 is 6.03 Å². The molecule has 1 fully saturated rings. The van der Waals surface area contributed by atoms with E-state index < -0.39 is 0 Å². The maximum absolute atomic E-state index is 11.1. The van der Waals surface area contributed by atoms with E-state index in [2.05, 4.69) is 15.5 Å². The minimum Gasteiger partial charge on any atom is -0.341 e. The van der Waals surface area contributed by atoms with E-state index in [0.717, 1.165) is 26.1 Å². The summed E-state index contributed by atoms with van der Waals surface area (Å²) in [5.74, 6) is 0. The molecule has 0 aliphatic carbocycles. The number of hydrogen-bond acceptors (Lipinski definition) is 3. The van der Waals surface area contributed by atoms with Gasteiger partial charge in [-0.25, -0.2) is 4.79 Å². The molecular weight excluding hydrogens is 192 g/mol. The highest BCUT2D eigenvalue weighted by Gasteiger charge is 2.26. The number of rotatable bonds is 3. The summed E-state index contributed by atoms with van der Waals surface area (Å²) in [6, 6.07) is 0.154. The maximum atomic E-state index is 11.1. The highest BCUT2D eigenvalue weighted by Crippen LogP contribution is 2.12. The van der Waals surface area contributed by atoms with Gasteiger partial charge in [0.1, 0.15) is 0 Å². The van der Waals surface area contributed by atoms with Crippen LogP contribution in [0, 0.1) is 0 Å². The van der Waals surface area contributed by atoms with Gasteiger partial charge in [0.05, 0.1) is 0 Å². The second kappa shape index (κ2) is 4.81. The van der Waals surface area contributed by atoms with Crippen LogP contribution in [0.1, 0.15) is 20.3 Å². The van der Waals surface area contributed by atoms with Gasteiger partial charge >= 0.3 is 6.03 Å². The molecule has 0 saturated carbocycles. The molecule has 2 amide bonds. The van der Waals surface area contributed by atoms with Crippen LogP contribution in [-0.4, -0.2) is 49.2 Å². The number of nitrogens with one attached hydrogen (secondary N) is 2. The number of nitrogens with zero attached hydrogens (tertiary/aromatic N) is 1. The summed E-state index contributed by atoms with van der Waals surface area (Å²) < 4.78 is 0. The van der Waals surface area contributed by atoms with Crippen LogP contribution < -0.4 is 16.4 Å². The standard InChI is InChI=1S/C10H22N4O/c1-10(2,11)7-14-5-4-8(6-14)13-9(15)12-3/h8H,4-7,11H2,1-3H3,(H2,12,13,15). The maximum Gasteiger partial charge on any atom is 0.314 e. The molecule has 15 heavy (non-hydrogen) atoms. The lowest BCUT2D eigenvalue weighted by molar-refractivity contribution is 0.236. The molecule has 1 atom stereocenters. The number of nitrogens with two attached hydrogens (primary N) is 1. The van der Waals surface area contributed by atoms with Crippen molar-refractivity contribution in [3.63, 3.8) is 0 Å². The fraction of sp³-hybridized carbons (Fsp3) is 0.900. The first kappa shape index (κ1) is 12.3. The molecule has 0 aromatic heterocycles. The molecule has 1 heterocycles. The molecule has 0 bridgehead atoms. The third-order valence-electron chi connectivity index (χ3n) is 2.47. The molecule has 0 aromatic carbocycles. The lowest BCUT2D eigenvalue weighted by atomic mass is 10.1. The second-order valence-electron chi connectivity index (χ2n) is 4.93. The van der Waals surface area contributed by atoms with Gasteiger partial charge in [-0.15, -0.1) is 0 Å².